The third kappa shape index (κ3) is 7.87. The number of ether oxygens (including phenoxy) is 1. The summed E-state index contributed by atoms with van der Waals surface area (Å²) >= 11 is 0. The number of carbonyl (C=O) groups is 2. The highest BCUT2D eigenvalue weighted by molar-refractivity contribution is 5.95. The van der Waals surface area contributed by atoms with Crippen LogP contribution in [0.1, 0.15) is 18.1 Å². The van der Waals surface area contributed by atoms with Gasteiger partial charge in [0.05, 0.1) is 12.0 Å². The molecule has 3 aromatic rings. The summed E-state index contributed by atoms with van der Waals surface area (Å²) in [6.45, 7) is 5.59. The van der Waals surface area contributed by atoms with Crippen LogP contribution in [0.2, 0.25) is 0 Å². The Morgan fingerprint density at radius 2 is 1.79 bits per heavy atom. The average Bonchev–Trinajstić information content (AvgIpc) is 2.84. The molecule has 2 aromatic carbocycles. The first-order valence-corrected chi connectivity index (χ1v) is 10.5. The molecule has 0 unspecified atom stereocenters. The molecule has 33 heavy (non-hydrogen) atoms. The first-order chi connectivity index (χ1) is 16.1. The fraction of sp³-hybridized carbons (Fsp3) is 0.148. The molecule has 0 atom stereocenters. The molecule has 0 aliphatic heterocycles. The molecule has 1 aromatic heterocycles. The number of fused-ring (bicyclic) bond motifs is 1. The number of amides is 1. The molecule has 0 fully saturated rings. The van der Waals surface area contributed by atoms with E-state index in [9.17, 15) is 9.59 Å². The maximum Gasteiger partial charge on any atom is 0.338 e. The van der Waals surface area contributed by atoms with Gasteiger partial charge in [-0.15, -0.1) is 0 Å². The van der Waals surface area contributed by atoms with E-state index < -0.39 is 5.97 Å². The van der Waals surface area contributed by atoms with E-state index >= 15 is 0 Å². The lowest BCUT2D eigenvalue weighted by atomic mass is 10.1. The number of rotatable bonds is 8. The third-order valence-electron chi connectivity index (χ3n) is 4.56. The Kier molecular flexibility index (Phi) is 10.2. The molecule has 0 saturated carbocycles. The fourth-order valence-electron chi connectivity index (χ4n) is 3.04. The van der Waals surface area contributed by atoms with Crippen LogP contribution >= 0.6 is 0 Å². The van der Waals surface area contributed by atoms with E-state index in [4.69, 9.17) is 4.74 Å². The van der Waals surface area contributed by atoms with Gasteiger partial charge in [0.25, 0.3) is 0 Å². The minimum absolute atomic E-state index is 0.0989. The third-order valence-corrected chi connectivity index (χ3v) is 4.56. The molecule has 0 saturated heterocycles. The summed E-state index contributed by atoms with van der Waals surface area (Å²) in [4.78, 5) is 28.6. The summed E-state index contributed by atoms with van der Waals surface area (Å²) < 4.78 is 5.34. The van der Waals surface area contributed by atoms with Gasteiger partial charge < -0.3 is 15.8 Å². The van der Waals surface area contributed by atoms with Crippen LogP contribution in [-0.4, -0.2) is 23.9 Å². The Bertz CT molecular complexity index is 1150. The molecule has 0 radical (unpaired) electrons. The second-order valence-electron chi connectivity index (χ2n) is 6.91. The maximum atomic E-state index is 12.4. The highest BCUT2D eigenvalue weighted by Crippen LogP contribution is 2.18. The Balaban J connectivity index is 0.00000187. The number of nitrogens with two attached hydrogens (primary N) is 1. The van der Waals surface area contributed by atoms with Crippen molar-refractivity contribution in [2.75, 3.05) is 12.4 Å². The Morgan fingerprint density at radius 3 is 2.48 bits per heavy atom. The van der Waals surface area contributed by atoms with E-state index in [0.717, 1.165) is 27.6 Å². The topological polar surface area (TPSA) is 94.3 Å². The first kappa shape index (κ1) is 25.2. The van der Waals surface area contributed by atoms with Crippen LogP contribution < -0.4 is 11.1 Å². The highest BCUT2D eigenvalue weighted by atomic mass is 16.5. The van der Waals surface area contributed by atoms with Crippen LogP contribution in [0.5, 0.6) is 0 Å². The van der Waals surface area contributed by atoms with Crippen molar-refractivity contribution in [2.45, 2.75) is 20.0 Å². The van der Waals surface area contributed by atoms with E-state index in [-0.39, 0.29) is 18.9 Å². The number of carbonyl (C=O) groups excluding carboxylic acids is 2. The molecule has 1 amide bonds. The van der Waals surface area contributed by atoms with Gasteiger partial charge in [0.1, 0.15) is 6.61 Å². The summed E-state index contributed by atoms with van der Waals surface area (Å²) in [5.41, 5.74) is 7.41. The average molecular weight is 444 g/mol. The van der Waals surface area contributed by atoms with Crippen molar-refractivity contribution in [3.63, 3.8) is 0 Å². The van der Waals surface area contributed by atoms with Crippen molar-refractivity contribution in [3.8, 4) is 0 Å². The van der Waals surface area contributed by atoms with E-state index in [2.05, 4.69) is 22.6 Å². The van der Waals surface area contributed by atoms with Crippen molar-refractivity contribution in [1.82, 2.24) is 4.98 Å². The monoisotopic (exact) mass is 443 g/mol. The van der Waals surface area contributed by atoms with Crippen molar-refractivity contribution in [3.05, 3.63) is 109 Å². The molecule has 3 rings (SSSR count). The van der Waals surface area contributed by atoms with E-state index in [1.54, 1.807) is 36.7 Å². The van der Waals surface area contributed by atoms with Gasteiger partial charge in [-0.05, 0) is 54.8 Å². The van der Waals surface area contributed by atoms with Crippen LogP contribution in [0.25, 0.3) is 10.8 Å². The minimum Gasteiger partial charge on any atom is -0.457 e. The number of allylic oxidation sites excluding steroid dienone is 3. The number of pyridine rings is 1. The SMILES string of the molecule is C=C/C=C(\C=C/C)C(=O)OCc1ccc(CC(=O)Nc2ccc3cnccc3c2)cc1.CN. The Labute approximate surface area is 194 Å². The number of hydrogen-bond acceptors (Lipinski definition) is 5. The summed E-state index contributed by atoms with van der Waals surface area (Å²) in [5.74, 6) is -0.509. The molecule has 6 nitrogen and oxygen atoms in total. The lowest BCUT2D eigenvalue weighted by Crippen LogP contribution is -2.14. The number of nitrogens with zero attached hydrogens (tertiary/aromatic N) is 1. The van der Waals surface area contributed by atoms with Gasteiger partial charge in [0.15, 0.2) is 0 Å². The lowest BCUT2D eigenvalue weighted by Gasteiger charge is -2.08. The lowest BCUT2D eigenvalue weighted by molar-refractivity contribution is -0.139. The summed E-state index contributed by atoms with van der Waals surface area (Å²) in [7, 11) is 1.50. The molecule has 0 spiro atoms. The van der Waals surface area contributed by atoms with Gasteiger partial charge in [-0.2, -0.15) is 0 Å². The number of nitrogens with one attached hydrogen (secondary N) is 1. The number of esters is 1. The molecular weight excluding hydrogens is 414 g/mol. The number of aromatic nitrogens is 1. The largest absolute Gasteiger partial charge is 0.457 e. The maximum absolute atomic E-state index is 12.4. The molecule has 3 N–H and O–H groups in total. The Hall–Kier alpha value is -4.03. The van der Waals surface area contributed by atoms with Gasteiger partial charge in [0.2, 0.25) is 5.91 Å². The van der Waals surface area contributed by atoms with Crippen molar-refractivity contribution in [1.29, 1.82) is 0 Å². The predicted molar refractivity (Wildman–Crippen MR) is 134 cm³/mol. The number of anilines is 1. The highest BCUT2D eigenvalue weighted by Gasteiger charge is 2.09. The summed E-state index contributed by atoms with van der Waals surface area (Å²) in [5, 5.41) is 4.97. The normalized spacial score (nSPS) is 10.9. The van der Waals surface area contributed by atoms with Gasteiger partial charge in [-0.25, -0.2) is 4.79 Å². The molecule has 6 heteroatoms. The van der Waals surface area contributed by atoms with Gasteiger partial charge >= 0.3 is 5.97 Å². The summed E-state index contributed by atoms with van der Waals surface area (Å²) in [6, 6.07) is 15.1. The first-order valence-electron chi connectivity index (χ1n) is 10.5. The van der Waals surface area contributed by atoms with E-state index in [0.29, 0.717) is 5.57 Å². The van der Waals surface area contributed by atoms with Crippen LogP contribution in [0.4, 0.5) is 5.69 Å². The number of benzene rings is 2. The molecule has 0 bridgehead atoms. The molecular formula is C27H29N3O3. The second kappa shape index (κ2) is 13.4. The van der Waals surface area contributed by atoms with Crippen molar-refractivity contribution < 1.29 is 14.3 Å². The molecule has 0 aliphatic rings. The smallest absolute Gasteiger partial charge is 0.338 e. The predicted octanol–water partition coefficient (Wildman–Crippen LogP) is 4.72. The van der Waals surface area contributed by atoms with Crippen molar-refractivity contribution >= 4 is 28.3 Å². The quantitative estimate of drug-likeness (QED) is 0.298. The minimum atomic E-state index is -0.410. The zero-order chi connectivity index (χ0) is 24.1. The molecule has 170 valence electrons. The van der Waals surface area contributed by atoms with Gasteiger partial charge in [-0.3, -0.25) is 9.78 Å². The van der Waals surface area contributed by atoms with E-state index in [1.807, 2.05) is 55.5 Å². The van der Waals surface area contributed by atoms with Crippen molar-refractivity contribution in [2.24, 2.45) is 5.73 Å². The van der Waals surface area contributed by atoms with Crippen LogP contribution in [0.3, 0.4) is 0 Å². The van der Waals surface area contributed by atoms with Gasteiger partial charge in [-0.1, -0.05) is 55.1 Å². The van der Waals surface area contributed by atoms with Crippen LogP contribution in [0, 0.1) is 0 Å². The summed E-state index contributed by atoms with van der Waals surface area (Å²) in [6.07, 6.45) is 10.4. The van der Waals surface area contributed by atoms with Crippen LogP contribution in [-0.2, 0) is 27.4 Å². The Morgan fingerprint density at radius 1 is 1.06 bits per heavy atom. The second-order valence-corrected chi connectivity index (χ2v) is 6.91. The number of hydrogen-bond donors (Lipinski definition) is 2. The van der Waals surface area contributed by atoms with Gasteiger partial charge in [0, 0.05) is 23.5 Å². The zero-order valence-electron chi connectivity index (χ0n) is 19.0. The van der Waals surface area contributed by atoms with Crippen LogP contribution in [0.15, 0.2) is 97.4 Å². The molecule has 1 heterocycles. The fourth-order valence-corrected chi connectivity index (χ4v) is 3.04. The standard InChI is InChI=1S/C26H24N2O3.CH5N/c1-3-5-21(6-4-2)26(30)31-18-20-9-7-19(8-10-20)15-25(29)28-24-12-11-23-17-27-14-13-22(23)16-24;1-2/h3-14,16-17H,1,15,18H2,2H3,(H,28,29);2H2,1H3/b6-4-,21-5+;. The van der Waals surface area contributed by atoms with E-state index in [1.165, 1.54) is 7.05 Å². The zero-order valence-corrected chi connectivity index (χ0v) is 19.0. The molecule has 0 aliphatic carbocycles.